The molecular weight excluding hydrogens is 362 g/mol. The maximum absolute atomic E-state index is 11.6. The number of hydrogen-bond donors (Lipinski definition) is 1. The van der Waals surface area contributed by atoms with Crippen molar-refractivity contribution in [2.75, 3.05) is 0 Å². The van der Waals surface area contributed by atoms with Gasteiger partial charge in [-0.15, -0.1) is 0 Å². The first kappa shape index (κ1) is 18.4. The van der Waals surface area contributed by atoms with E-state index in [9.17, 15) is 4.79 Å². The second-order valence-corrected chi connectivity index (χ2v) is 6.24. The summed E-state index contributed by atoms with van der Waals surface area (Å²) < 4.78 is 5.82. The number of benzene rings is 2. The zero-order valence-electron chi connectivity index (χ0n) is 14.6. The van der Waals surface area contributed by atoms with Crippen LogP contribution < -0.4 is 10.3 Å². The van der Waals surface area contributed by atoms with Gasteiger partial charge in [0.1, 0.15) is 24.0 Å². The molecule has 0 bridgehead atoms. The Morgan fingerprint density at radius 3 is 2.81 bits per heavy atom. The molecule has 6 heteroatoms. The Morgan fingerprint density at radius 1 is 1.22 bits per heavy atom. The molecule has 5 nitrogen and oxygen atoms in total. The van der Waals surface area contributed by atoms with Crippen LogP contribution in [0.1, 0.15) is 27.9 Å². The number of H-pyrrole nitrogens is 1. The van der Waals surface area contributed by atoms with Gasteiger partial charge in [-0.05, 0) is 42.3 Å². The Morgan fingerprint density at radius 2 is 2.04 bits per heavy atom. The molecule has 3 aromatic rings. The van der Waals surface area contributed by atoms with Crippen molar-refractivity contribution in [2.24, 2.45) is 0 Å². The topological polar surface area (TPSA) is 78.8 Å². The molecule has 1 N–H and O–H groups in total. The fourth-order valence-electron chi connectivity index (χ4n) is 2.51. The summed E-state index contributed by atoms with van der Waals surface area (Å²) in [7, 11) is 0. The van der Waals surface area contributed by atoms with E-state index in [0.717, 1.165) is 11.1 Å². The molecule has 0 saturated heterocycles. The summed E-state index contributed by atoms with van der Waals surface area (Å²) in [5.74, 6) is 0.709. The first-order chi connectivity index (χ1) is 13.1. The van der Waals surface area contributed by atoms with Gasteiger partial charge in [0.15, 0.2) is 0 Å². The van der Waals surface area contributed by atoms with Gasteiger partial charge in [0.05, 0.1) is 5.69 Å². The van der Waals surface area contributed by atoms with Crippen LogP contribution in [0.25, 0.3) is 12.2 Å². The third kappa shape index (κ3) is 4.43. The van der Waals surface area contributed by atoms with Crippen LogP contribution in [0.2, 0.25) is 5.02 Å². The van der Waals surface area contributed by atoms with Crippen molar-refractivity contribution >= 4 is 23.8 Å². The molecule has 0 radical (unpaired) electrons. The predicted molar refractivity (Wildman–Crippen MR) is 105 cm³/mol. The summed E-state index contributed by atoms with van der Waals surface area (Å²) in [6.45, 7) is 2.07. The van der Waals surface area contributed by atoms with Gasteiger partial charge in [-0.1, -0.05) is 48.0 Å². The lowest BCUT2D eigenvalue weighted by Gasteiger charge is -2.08. The van der Waals surface area contributed by atoms with Crippen LogP contribution in [-0.4, -0.2) is 10.2 Å². The highest BCUT2D eigenvalue weighted by atomic mass is 35.5. The summed E-state index contributed by atoms with van der Waals surface area (Å²) in [4.78, 5) is 11.6. The van der Waals surface area contributed by atoms with Gasteiger partial charge in [-0.2, -0.15) is 10.4 Å². The van der Waals surface area contributed by atoms with Gasteiger partial charge in [0.2, 0.25) is 0 Å². The first-order valence-corrected chi connectivity index (χ1v) is 8.60. The number of nitriles is 1. The smallest absolute Gasteiger partial charge is 0.282 e. The van der Waals surface area contributed by atoms with Crippen LogP contribution >= 0.6 is 11.6 Å². The SMILES string of the molecule is Cc1c(/C=C/c2cccc(OCc3ccccc3Cl)c2)n[nH]c(=O)c1C#N. The zero-order chi connectivity index (χ0) is 19.2. The normalized spacial score (nSPS) is 10.7. The summed E-state index contributed by atoms with van der Waals surface area (Å²) in [6.07, 6.45) is 3.59. The summed E-state index contributed by atoms with van der Waals surface area (Å²) >= 11 is 6.14. The number of ether oxygens (including phenoxy) is 1. The van der Waals surface area contributed by atoms with Crippen molar-refractivity contribution in [2.45, 2.75) is 13.5 Å². The summed E-state index contributed by atoms with van der Waals surface area (Å²) in [5, 5.41) is 16.1. The van der Waals surface area contributed by atoms with E-state index in [1.54, 1.807) is 13.0 Å². The van der Waals surface area contributed by atoms with Crippen LogP contribution in [0.5, 0.6) is 5.75 Å². The minimum atomic E-state index is -0.484. The molecule has 0 aliphatic rings. The minimum Gasteiger partial charge on any atom is -0.489 e. The van der Waals surface area contributed by atoms with E-state index in [2.05, 4.69) is 10.2 Å². The standard InChI is InChI=1S/C21H16ClN3O2/c1-14-18(12-23)21(26)25-24-20(14)10-9-15-5-4-7-17(11-15)27-13-16-6-2-3-8-19(16)22/h2-11H,13H2,1H3,(H,25,26)/b10-9+. The van der Waals surface area contributed by atoms with E-state index in [-0.39, 0.29) is 5.56 Å². The molecule has 0 fully saturated rings. The maximum Gasteiger partial charge on any atom is 0.282 e. The lowest BCUT2D eigenvalue weighted by molar-refractivity contribution is 0.306. The Balaban J connectivity index is 1.77. The molecule has 0 saturated carbocycles. The first-order valence-electron chi connectivity index (χ1n) is 8.22. The Kier molecular flexibility index (Phi) is 5.70. The lowest BCUT2D eigenvalue weighted by Crippen LogP contribution is -2.15. The fraction of sp³-hybridized carbons (Fsp3) is 0.0952. The molecule has 0 atom stereocenters. The van der Waals surface area contributed by atoms with Crippen molar-refractivity contribution < 1.29 is 4.74 Å². The van der Waals surface area contributed by atoms with Crippen molar-refractivity contribution in [1.82, 2.24) is 10.2 Å². The Bertz CT molecular complexity index is 1100. The highest BCUT2D eigenvalue weighted by Gasteiger charge is 2.07. The highest BCUT2D eigenvalue weighted by molar-refractivity contribution is 6.31. The third-order valence-electron chi connectivity index (χ3n) is 4.02. The van der Waals surface area contributed by atoms with Crippen LogP contribution in [0, 0.1) is 18.3 Å². The molecule has 2 aromatic carbocycles. The van der Waals surface area contributed by atoms with E-state index in [0.29, 0.717) is 28.6 Å². The van der Waals surface area contributed by atoms with Gasteiger partial charge < -0.3 is 4.74 Å². The van der Waals surface area contributed by atoms with E-state index < -0.39 is 5.56 Å². The molecule has 1 heterocycles. The molecule has 1 aromatic heterocycles. The summed E-state index contributed by atoms with van der Waals surface area (Å²) in [5.41, 5.74) is 2.48. The quantitative estimate of drug-likeness (QED) is 0.716. The Hall–Kier alpha value is -3.36. The number of nitrogens with zero attached hydrogens (tertiary/aromatic N) is 2. The van der Waals surface area contributed by atoms with Crippen molar-refractivity contribution in [3.63, 3.8) is 0 Å². The zero-order valence-corrected chi connectivity index (χ0v) is 15.3. The van der Waals surface area contributed by atoms with E-state index in [1.165, 1.54) is 0 Å². The number of rotatable bonds is 5. The maximum atomic E-state index is 11.6. The number of nitrogens with one attached hydrogen (secondary N) is 1. The second-order valence-electron chi connectivity index (χ2n) is 5.84. The highest BCUT2D eigenvalue weighted by Crippen LogP contribution is 2.20. The molecule has 27 heavy (non-hydrogen) atoms. The second kappa shape index (κ2) is 8.35. The average Bonchev–Trinajstić information content (AvgIpc) is 2.67. The van der Waals surface area contributed by atoms with E-state index in [1.807, 2.05) is 60.7 Å². The minimum absolute atomic E-state index is 0.0708. The molecule has 3 rings (SSSR count). The number of hydrogen-bond acceptors (Lipinski definition) is 4. The van der Waals surface area contributed by atoms with Crippen molar-refractivity contribution in [3.8, 4) is 11.8 Å². The van der Waals surface area contributed by atoms with Gasteiger partial charge in [0.25, 0.3) is 5.56 Å². The van der Waals surface area contributed by atoms with Gasteiger partial charge in [0, 0.05) is 10.6 Å². The molecule has 0 spiro atoms. The lowest BCUT2D eigenvalue weighted by atomic mass is 10.1. The van der Waals surface area contributed by atoms with Gasteiger partial charge in [-0.3, -0.25) is 4.79 Å². The van der Waals surface area contributed by atoms with Gasteiger partial charge in [-0.25, -0.2) is 5.10 Å². The van der Waals surface area contributed by atoms with Crippen LogP contribution in [-0.2, 0) is 6.61 Å². The monoisotopic (exact) mass is 377 g/mol. The number of aromatic amines is 1. The third-order valence-corrected chi connectivity index (χ3v) is 4.39. The largest absolute Gasteiger partial charge is 0.489 e. The average molecular weight is 378 g/mol. The fourth-order valence-corrected chi connectivity index (χ4v) is 2.70. The number of halogens is 1. The van der Waals surface area contributed by atoms with Crippen molar-refractivity contribution in [1.29, 1.82) is 5.26 Å². The molecule has 0 aliphatic heterocycles. The van der Waals surface area contributed by atoms with Crippen LogP contribution in [0.15, 0.2) is 53.3 Å². The van der Waals surface area contributed by atoms with E-state index >= 15 is 0 Å². The van der Waals surface area contributed by atoms with E-state index in [4.69, 9.17) is 21.6 Å². The number of aromatic nitrogens is 2. The Labute approximate surface area is 161 Å². The molecule has 0 unspecified atom stereocenters. The molecule has 134 valence electrons. The van der Waals surface area contributed by atoms with Crippen LogP contribution in [0.4, 0.5) is 0 Å². The summed E-state index contributed by atoms with van der Waals surface area (Å²) in [6, 6.07) is 17.0. The van der Waals surface area contributed by atoms with Gasteiger partial charge >= 0.3 is 0 Å². The predicted octanol–water partition coefficient (Wildman–Crippen LogP) is 4.35. The van der Waals surface area contributed by atoms with Crippen LogP contribution in [0.3, 0.4) is 0 Å². The molecule has 0 aliphatic carbocycles. The van der Waals surface area contributed by atoms with Crippen molar-refractivity contribution in [3.05, 3.63) is 91.9 Å². The molecular formula is C21H16ClN3O2. The molecule has 0 amide bonds.